The predicted octanol–water partition coefficient (Wildman–Crippen LogP) is 2.68. The Kier molecular flexibility index (Phi) is 6.69. The van der Waals surface area contributed by atoms with Crippen molar-refractivity contribution in [1.82, 2.24) is 0 Å². The molecule has 0 radical (unpaired) electrons. The second-order valence-electron chi connectivity index (χ2n) is 4.66. The van der Waals surface area contributed by atoms with Gasteiger partial charge in [-0.05, 0) is 19.1 Å². The summed E-state index contributed by atoms with van der Waals surface area (Å²) in [5.41, 5.74) is 0.994. The van der Waals surface area contributed by atoms with Gasteiger partial charge >= 0.3 is 0 Å². The highest BCUT2D eigenvalue weighted by Crippen LogP contribution is 2.25. The quantitative estimate of drug-likeness (QED) is 0.328. The maximum atomic E-state index is 12.4. The van der Waals surface area contributed by atoms with Crippen LogP contribution >= 0.6 is 45.2 Å². The molecule has 1 aromatic rings. The van der Waals surface area contributed by atoms with Gasteiger partial charge in [-0.2, -0.15) is 8.42 Å². The van der Waals surface area contributed by atoms with Gasteiger partial charge in [0.15, 0.2) is 0 Å². The van der Waals surface area contributed by atoms with Crippen molar-refractivity contribution < 1.29 is 22.1 Å². The van der Waals surface area contributed by atoms with Crippen molar-refractivity contribution in [2.24, 2.45) is 0 Å². The van der Waals surface area contributed by atoms with E-state index in [1.54, 1.807) is 24.3 Å². The van der Waals surface area contributed by atoms with E-state index in [1.165, 1.54) is 0 Å². The summed E-state index contributed by atoms with van der Waals surface area (Å²) >= 11 is 4.32. The summed E-state index contributed by atoms with van der Waals surface area (Å²) in [5.74, 6) is 0. The van der Waals surface area contributed by atoms with Crippen molar-refractivity contribution in [2.45, 2.75) is 30.1 Å². The number of benzene rings is 1. The van der Waals surface area contributed by atoms with Crippen molar-refractivity contribution in [3.63, 3.8) is 0 Å². The summed E-state index contributed by atoms with van der Waals surface area (Å²) in [5, 5.41) is 0. The molecule has 0 aromatic heterocycles. The third kappa shape index (κ3) is 4.50. The van der Waals surface area contributed by atoms with E-state index >= 15 is 0 Å². The van der Waals surface area contributed by atoms with Crippen LogP contribution in [-0.4, -0.2) is 42.4 Å². The first-order chi connectivity index (χ1) is 9.97. The summed E-state index contributed by atoms with van der Waals surface area (Å²) < 4.78 is 42.4. The Labute approximate surface area is 152 Å². The fourth-order valence-corrected chi connectivity index (χ4v) is 4.57. The molecule has 0 saturated carbocycles. The van der Waals surface area contributed by atoms with Crippen LogP contribution in [0.25, 0.3) is 0 Å². The van der Waals surface area contributed by atoms with Crippen LogP contribution in [0.4, 0.5) is 0 Å². The van der Waals surface area contributed by atoms with Gasteiger partial charge in [-0.1, -0.05) is 62.9 Å². The van der Waals surface area contributed by atoms with Gasteiger partial charge in [0, 0.05) is 8.86 Å². The van der Waals surface area contributed by atoms with Gasteiger partial charge in [0.05, 0.1) is 17.1 Å². The van der Waals surface area contributed by atoms with Crippen LogP contribution in [0.2, 0.25) is 0 Å². The number of rotatable bonds is 5. The molecule has 0 amide bonds. The molecular formula is C13H16I2O5S. The highest BCUT2D eigenvalue weighted by atomic mass is 127. The summed E-state index contributed by atoms with van der Waals surface area (Å²) in [6.07, 6.45) is -1.21. The summed E-state index contributed by atoms with van der Waals surface area (Å²) in [7, 11) is -3.83. The minimum atomic E-state index is -3.83. The van der Waals surface area contributed by atoms with Crippen molar-refractivity contribution >= 4 is 55.3 Å². The van der Waals surface area contributed by atoms with Crippen molar-refractivity contribution in [1.29, 1.82) is 0 Å². The molecule has 2 atom stereocenters. The smallest absolute Gasteiger partial charge is 0.297 e. The lowest BCUT2D eigenvalue weighted by Gasteiger charge is -2.35. The standard InChI is InChI=1S/C13H16I2O5S/c1-9-2-4-10(5-3-9)21(16,17)20-13-11(6-14)18-8-19-12(13)7-15/h2-5,11-13H,6-8H2,1H3. The van der Waals surface area contributed by atoms with E-state index in [2.05, 4.69) is 45.2 Å². The highest BCUT2D eigenvalue weighted by molar-refractivity contribution is 14.1. The molecule has 1 heterocycles. The van der Waals surface area contributed by atoms with Crippen LogP contribution in [0.3, 0.4) is 0 Å². The van der Waals surface area contributed by atoms with E-state index in [4.69, 9.17) is 13.7 Å². The molecule has 1 saturated heterocycles. The Morgan fingerprint density at radius 1 is 1.14 bits per heavy atom. The molecule has 2 unspecified atom stereocenters. The maximum absolute atomic E-state index is 12.4. The van der Waals surface area contributed by atoms with E-state index in [0.717, 1.165) is 5.56 Å². The van der Waals surface area contributed by atoms with Crippen molar-refractivity contribution in [3.8, 4) is 0 Å². The number of ether oxygens (including phenoxy) is 2. The molecule has 21 heavy (non-hydrogen) atoms. The van der Waals surface area contributed by atoms with Crippen LogP contribution in [0.5, 0.6) is 0 Å². The van der Waals surface area contributed by atoms with Gasteiger partial charge in [-0.3, -0.25) is 4.18 Å². The lowest BCUT2D eigenvalue weighted by Crippen LogP contribution is -2.50. The average molecular weight is 538 g/mol. The van der Waals surface area contributed by atoms with Gasteiger partial charge in [0.1, 0.15) is 12.9 Å². The SMILES string of the molecule is Cc1ccc(S(=O)(=O)OC2C(CI)OCOC2CI)cc1. The monoisotopic (exact) mass is 538 g/mol. The molecule has 0 bridgehead atoms. The van der Waals surface area contributed by atoms with Crippen LogP contribution < -0.4 is 0 Å². The Balaban J connectivity index is 2.22. The van der Waals surface area contributed by atoms with Gasteiger partial charge in [-0.25, -0.2) is 0 Å². The van der Waals surface area contributed by atoms with Crippen LogP contribution in [-0.2, 0) is 23.8 Å². The van der Waals surface area contributed by atoms with E-state index < -0.39 is 16.2 Å². The number of hydrogen-bond donors (Lipinski definition) is 0. The van der Waals surface area contributed by atoms with E-state index in [1.807, 2.05) is 6.92 Å². The normalized spacial score (nSPS) is 26.7. The third-order valence-electron chi connectivity index (χ3n) is 3.15. The molecule has 2 rings (SSSR count). The van der Waals surface area contributed by atoms with Crippen LogP contribution in [0.15, 0.2) is 29.2 Å². The summed E-state index contributed by atoms with van der Waals surface area (Å²) in [4.78, 5) is 0.151. The molecule has 0 aliphatic carbocycles. The Hall–Kier alpha value is 0.510. The van der Waals surface area contributed by atoms with Gasteiger partial charge in [0.2, 0.25) is 0 Å². The number of aryl methyl sites for hydroxylation is 1. The van der Waals surface area contributed by atoms with E-state index in [9.17, 15) is 8.42 Å². The summed E-state index contributed by atoms with van der Waals surface area (Å²) in [6, 6.07) is 6.59. The fourth-order valence-electron chi connectivity index (χ4n) is 1.94. The zero-order valence-electron chi connectivity index (χ0n) is 11.4. The van der Waals surface area contributed by atoms with Gasteiger partial charge in [-0.15, -0.1) is 0 Å². The molecule has 5 nitrogen and oxygen atoms in total. The molecule has 8 heteroatoms. The number of halogens is 2. The zero-order chi connectivity index (χ0) is 15.5. The van der Waals surface area contributed by atoms with Gasteiger partial charge in [0.25, 0.3) is 10.1 Å². The van der Waals surface area contributed by atoms with Crippen molar-refractivity contribution in [2.75, 3.05) is 15.6 Å². The minimum absolute atomic E-state index is 0.151. The molecule has 1 fully saturated rings. The fraction of sp³-hybridized carbons (Fsp3) is 0.538. The molecule has 1 aromatic carbocycles. The first kappa shape index (κ1) is 17.9. The van der Waals surface area contributed by atoms with E-state index in [-0.39, 0.29) is 23.9 Å². The minimum Gasteiger partial charge on any atom is -0.349 e. The van der Waals surface area contributed by atoms with Crippen LogP contribution in [0.1, 0.15) is 5.56 Å². The van der Waals surface area contributed by atoms with Crippen molar-refractivity contribution in [3.05, 3.63) is 29.8 Å². The summed E-state index contributed by atoms with van der Waals surface area (Å²) in [6.45, 7) is 2.07. The predicted molar refractivity (Wildman–Crippen MR) is 95.6 cm³/mol. The zero-order valence-corrected chi connectivity index (χ0v) is 16.5. The number of alkyl halides is 2. The lowest BCUT2D eigenvalue weighted by atomic mass is 10.1. The number of hydrogen-bond acceptors (Lipinski definition) is 5. The molecule has 0 N–H and O–H groups in total. The maximum Gasteiger partial charge on any atom is 0.297 e. The largest absolute Gasteiger partial charge is 0.349 e. The Morgan fingerprint density at radius 3 is 2.14 bits per heavy atom. The molecule has 0 spiro atoms. The van der Waals surface area contributed by atoms with Gasteiger partial charge < -0.3 is 9.47 Å². The molecule has 1 aliphatic rings. The Morgan fingerprint density at radius 2 is 1.67 bits per heavy atom. The first-order valence-corrected chi connectivity index (χ1v) is 10.8. The van der Waals surface area contributed by atoms with E-state index in [0.29, 0.717) is 8.86 Å². The average Bonchev–Trinajstić information content (AvgIpc) is 2.47. The molecule has 118 valence electrons. The Bertz CT molecular complexity index is 548. The molecule has 1 aliphatic heterocycles. The topological polar surface area (TPSA) is 61.8 Å². The van der Waals surface area contributed by atoms with Crippen LogP contribution in [0, 0.1) is 6.92 Å². The second kappa shape index (κ2) is 7.86. The second-order valence-corrected chi connectivity index (χ2v) is 8.00. The molecular weight excluding hydrogens is 522 g/mol. The third-order valence-corrected chi connectivity index (χ3v) is 6.21. The lowest BCUT2D eigenvalue weighted by molar-refractivity contribution is -0.207. The highest BCUT2D eigenvalue weighted by Gasteiger charge is 2.38. The first-order valence-electron chi connectivity index (χ1n) is 6.33.